The van der Waals surface area contributed by atoms with E-state index >= 15 is 0 Å². The van der Waals surface area contributed by atoms with E-state index in [1.165, 1.54) is 6.07 Å². The largest absolute Gasteiger partial charge is 0.367 e. The van der Waals surface area contributed by atoms with Crippen LogP contribution < -0.4 is 15.9 Å². The van der Waals surface area contributed by atoms with Crippen LogP contribution in [0.25, 0.3) is 11.1 Å². The second kappa shape index (κ2) is 10.2. The fourth-order valence-corrected chi connectivity index (χ4v) is 4.27. The quantitative estimate of drug-likeness (QED) is 0.670. The summed E-state index contributed by atoms with van der Waals surface area (Å²) in [5, 5.41) is 16.0. The molecule has 31 heavy (non-hydrogen) atoms. The minimum atomic E-state index is -2.34. The monoisotopic (exact) mass is 443 g/mol. The Hall–Kier alpha value is -2.52. The van der Waals surface area contributed by atoms with E-state index in [2.05, 4.69) is 10.6 Å². The van der Waals surface area contributed by atoms with Crippen LogP contribution in [0.2, 0.25) is 0 Å². The normalized spacial score (nSPS) is 17.9. The van der Waals surface area contributed by atoms with E-state index < -0.39 is 25.1 Å². The van der Waals surface area contributed by atoms with Gasteiger partial charge in [0.05, 0.1) is 6.07 Å². The van der Waals surface area contributed by atoms with Crippen LogP contribution in [0.15, 0.2) is 42.5 Å². The van der Waals surface area contributed by atoms with Crippen molar-refractivity contribution in [1.29, 1.82) is 5.26 Å². The van der Waals surface area contributed by atoms with Crippen molar-refractivity contribution in [3.63, 3.8) is 0 Å². The number of carbonyl (C=O) groups is 1. The summed E-state index contributed by atoms with van der Waals surface area (Å²) < 4.78 is 32.4. The molecule has 0 unspecified atom stereocenters. The number of nitriles is 1. The average Bonchev–Trinajstić information content (AvgIpc) is 3.03. The maximum absolute atomic E-state index is 14.7. The van der Waals surface area contributed by atoms with Crippen molar-refractivity contribution in [3.8, 4) is 17.2 Å². The Morgan fingerprint density at radius 1 is 1.29 bits per heavy atom. The smallest absolute Gasteiger partial charge is 0.251 e. The number of ether oxygens (including phenoxy) is 1. The Morgan fingerprint density at radius 3 is 2.65 bits per heavy atom. The van der Waals surface area contributed by atoms with Gasteiger partial charge >= 0.3 is 0 Å². The van der Waals surface area contributed by atoms with Gasteiger partial charge in [-0.3, -0.25) is 4.79 Å². The minimum Gasteiger partial charge on any atom is -0.367 e. The molecule has 164 valence electrons. The maximum atomic E-state index is 14.7. The molecule has 1 aliphatic heterocycles. The molecule has 2 N–H and O–H groups in total. The van der Waals surface area contributed by atoms with Crippen LogP contribution in [0.1, 0.15) is 12.0 Å². The van der Waals surface area contributed by atoms with E-state index in [9.17, 15) is 19.0 Å². The lowest BCUT2D eigenvalue weighted by molar-refractivity contribution is -0.132. The first-order valence-corrected chi connectivity index (χ1v) is 12.8. The van der Waals surface area contributed by atoms with Crippen molar-refractivity contribution in [2.75, 3.05) is 33.0 Å². The molecule has 0 saturated carbocycles. The molecule has 1 aliphatic rings. The van der Waals surface area contributed by atoms with Crippen LogP contribution in [-0.4, -0.2) is 51.1 Å². The molecular formula is C23H27FN3O3P. The van der Waals surface area contributed by atoms with Gasteiger partial charge in [0.25, 0.3) is 5.91 Å². The molecule has 2 atom stereocenters. The Labute approximate surface area is 182 Å². The summed E-state index contributed by atoms with van der Waals surface area (Å²) in [5.74, 6) is -0.817. The first kappa shape index (κ1) is 23.1. The van der Waals surface area contributed by atoms with E-state index in [0.29, 0.717) is 24.3 Å². The standard InChI is InChI=1S/C23H27FN3O3P/c1-31(2,29)20-8-6-16(7-9-20)17-4-5-18(21(24)13-17)12-19(14-25)27-23(28)22-15-26-10-3-11-30-22/h4-9,13,19,22,26H,3,10-12,15H2,1-2H3,(H,27,28)/t19-,22-/m0/s1. The van der Waals surface area contributed by atoms with Gasteiger partial charge in [0.2, 0.25) is 0 Å². The number of nitrogens with one attached hydrogen (secondary N) is 2. The predicted octanol–water partition coefficient (Wildman–Crippen LogP) is 2.67. The van der Waals surface area contributed by atoms with E-state index in [-0.39, 0.29) is 12.3 Å². The molecule has 0 spiro atoms. The summed E-state index contributed by atoms with van der Waals surface area (Å²) in [5.41, 5.74) is 1.84. The van der Waals surface area contributed by atoms with Crippen LogP contribution in [0.3, 0.4) is 0 Å². The molecule has 0 aliphatic carbocycles. The lowest BCUT2D eigenvalue weighted by Crippen LogP contribution is -2.46. The van der Waals surface area contributed by atoms with Gasteiger partial charge in [0.15, 0.2) is 0 Å². The molecule has 1 fully saturated rings. The Bertz CT molecular complexity index is 1010. The predicted molar refractivity (Wildman–Crippen MR) is 119 cm³/mol. The number of nitrogens with zero attached hydrogens (tertiary/aromatic N) is 1. The molecule has 1 saturated heterocycles. The Morgan fingerprint density at radius 2 is 2.00 bits per heavy atom. The molecular weight excluding hydrogens is 416 g/mol. The number of amides is 1. The summed E-state index contributed by atoms with van der Waals surface area (Å²) in [7, 11) is -2.34. The summed E-state index contributed by atoms with van der Waals surface area (Å²) in [6, 6.07) is 13.2. The van der Waals surface area contributed by atoms with Gasteiger partial charge in [-0.15, -0.1) is 0 Å². The zero-order chi connectivity index (χ0) is 22.4. The first-order chi connectivity index (χ1) is 14.8. The second-order valence-electron chi connectivity index (χ2n) is 8.02. The summed E-state index contributed by atoms with van der Waals surface area (Å²) in [6.07, 6.45) is 0.222. The Balaban J connectivity index is 1.68. The third-order valence-electron chi connectivity index (χ3n) is 5.21. The third kappa shape index (κ3) is 6.24. The highest BCUT2D eigenvalue weighted by molar-refractivity contribution is 7.70. The van der Waals surface area contributed by atoms with Crippen molar-refractivity contribution in [2.45, 2.75) is 25.0 Å². The first-order valence-electron chi connectivity index (χ1n) is 10.2. The molecule has 0 bridgehead atoms. The van der Waals surface area contributed by atoms with E-state index in [1.807, 2.05) is 18.2 Å². The molecule has 0 aromatic heterocycles. The van der Waals surface area contributed by atoms with Crippen LogP contribution in [0.5, 0.6) is 0 Å². The lowest BCUT2D eigenvalue weighted by atomic mass is 10.00. The van der Waals surface area contributed by atoms with Crippen molar-refractivity contribution in [3.05, 3.63) is 53.8 Å². The molecule has 1 heterocycles. The summed E-state index contributed by atoms with van der Waals surface area (Å²) >= 11 is 0. The van der Waals surface area contributed by atoms with Gasteiger partial charge in [0, 0.05) is 24.9 Å². The van der Waals surface area contributed by atoms with Crippen molar-refractivity contribution >= 4 is 18.4 Å². The highest BCUT2D eigenvalue weighted by atomic mass is 31.2. The number of halogens is 1. The third-order valence-corrected chi connectivity index (χ3v) is 6.75. The van der Waals surface area contributed by atoms with Crippen molar-refractivity contribution in [1.82, 2.24) is 10.6 Å². The van der Waals surface area contributed by atoms with Crippen LogP contribution >= 0.6 is 7.14 Å². The highest BCUT2D eigenvalue weighted by Gasteiger charge is 2.24. The molecule has 8 heteroatoms. The number of carbonyl (C=O) groups excluding carboxylic acids is 1. The van der Waals surface area contributed by atoms with Gasteiger partial charge < -0.3 is 19.9 Å². The second-order valence-corrected chi connectivity index (χ2v) is 11.2. The van der Waals surface area contributed by atoms with Crippen molar-refractivity contribution in [2.24, 2.45) is 0 Å². The fourth-order valence-electron chi connectivity index (χ4n) is 3.40. The van der Waals surface area contributed by atoms with Gasteiger partial charge in [-0.1, -0.05) is 36.4 Å². The highest BCUT2D eigenvalue weighted by Crippen LogP contribution is 2.35. The summed E-state index contributed by atoms with van der Waals surface area (Å²) in [6.45, 7) is 5.06. The molecule has 3 rings (SSSR count). The molecule has 2 aromatic rings. The van der Waals surface area contributed by atoms with Crippen LogP contribution in [0, 0.1) is 17.1 Å². The zero-order valence-electron chi connectivity index (χ0n) is 17.7. The van der Waals surface area contributed by atoms with E-state index in [0.717, 1.165) is 23.8 Å². The minimum absolute atomic E-state index is 0.0578. The fraction of sp³-hybridized carbons (Fsp3) is 0.391. The number of hydrogen-bond donors (Lipinski definition) is 2. The molecule has 1 amide bonds. The molecule has 0 radical (unpaired) electrons. The Kier molecular flexibility index (Phi) is 7.61. The topological polar surface area (TPSA) is 91.2 Å². The van der Waals surface area contributed by atoms with E-state index in [4.69, 9.17) is 4.74 Å². The van der Waals surface area contributed by atoms with Crippen molar-refractivity contribution < 1.29 is 18.5 Å². The van der Waals surface area contributed by atoms with Crippen LogP contribution in [0.4, 0.5) is 4.39 Å². The van der Waals surface area contributed by atoms with Crippen LogP contribution in [-0.2, 0) is 20.5 Å². The van der Waals surface area contributed by atoms with Gasteiger partial charge in [-0.05, 0) is 49.1 Å². The summed E-state index contributed by atoms with van der Waals surface area (Å²) in [4.78, 5) is 12.4. The molecule has 6 nitrogen and oxygen atoms in total. The van der Waals surface area contributed by atoms with E-state index in [1.54, 1.807) is 37.6 Å². The number of rotatable bonds is 6. The lowest BCUT2D eigenvalue weighted by Gasteiger charge is -2.18. The molecule has 2 aromatic carbocycles. The number of hydrogen-bond acceptors (Lipinski definition) is 5. The SMILES string of the molecule is CP(C)(=O)c1ccc(-c2ccc(C[C@@H](C#N)NC(=O)[C@@H]3CNCCCO3)c(F)c2)cc1. The average molecular weight is 443 g/mol. The van der Waals surface area contributed by atoms with Gasteiger partial charge in [-0.25, -0.2) is 4.39 Å². The van der Waals surface area contributed by atoms with Gasteiger partial charge in [-0.2, -0.15) is 5.26 Å². The zero-order valence-corrected chi connectivity index (χ0v) is 18.6. The maximum Gasteiger partial charge on any atom is 0.251 e. The van der Waals surface area contributed by atoms with Gasteiger partial charge in [0.1, 0.15) is 25.1 Å². The number of benzene rings is 2.